The number of ether oxygens (including phenoxy) is 1. The van der Waals surface area contributed by atoms with Crippen molar-refractivity contribution in [3.05, 3.63) is 60.3 Å². The number of nitrogens with zero attached hydrogens (tertiary/aromatic N) is 1. The van der Waals surface area contributed by atoms with Crippen LogP contribution in [0.3, 0.4) is 0 Å². The summed E-state index contributed by atoms with van der Waals surface area (Å²) in [6.07, 6.45) is 1.93. The molecular weight excluding hydrogens is 403 g/mol. The summed E-state index contributed by atoms with van der Waals surface area (Å²) in [6.45, 7) is 4.50. The van der Waals surface area contributed by atoms with Crippen molar-refractivity contribution in [3.8, 4) is 22.8 Å². The average Bonchev–Trinajstić information content (AvgIpc) is 2.65. The van der Waals surface area contributed by atoms with E-state index in [1.165, 1.54) is 31.5 Å². The Morgan fingerprint density at radius 3 is 2.43 bits per heavy atom. The van der Waals surface area contributed by atoms with Gasteiger partial charge in [-0.05, 0) is 0 Å². The number of pyridine rings is 1. The van der Waals surface area contributed by atoms with Crippen molar-refractivity contribution in [2.75, 3.05) is 0 Å². The number of rotatable bonds is 2. The van der Waals surface area contributed by atoms with Gasteiger partial charge in [-0.2, -0.15) is 0 Å². The van der Waals surface area contributed by atoms with E-state index >= 15 is 0 Å². The van der Waals surface area contributed by atoms with Crippen LogP contribution in [0.2, 0.25) is 17.3 Å². The third kappa shape index (κ3) is 2.51. The molecule has 4 aromatic rings. The summed E-state index contributed by atoms with van der Waals surface area (Å²) in [5, 5.41) is 4.92. The van der Waals surface area contributed by atoms with Gasteiger partial charge in [-0.25, -0.2) is 0 Å². The summed E-state index contributed by atoms with van der Waals surface area (Å²) >= 11 is -2.13. The van der Waals surface area contributed by atoms with E-state index in [9.17, 15) is 0 Å². The molecule has 0 aliphatic carbocycles. The Morgan fingerprint density at radius 2 is 1.68 bits per heavy atom. The van der Waals surface area contributed by atoms with E-state index in [0.29, 0.717) is 5.92 Å². The molecule has 1 aliphatic rings. The van der Waals surface area contributed by atoms with Crippen LogP contribution in [0.15, 0.2) is 54.7 Å². The first-order chi connectivity index (χ1) is 13.4. The van der Waals surface area contributed by atoms with Crippen molar-refractivity contribution in [3.63, 3.8) is 0 Å². The van der Waals surface area contributed by atoms with Gasteiger partial charge < -0.3 is 0 Å². The zero-order valence-electron chi connectivity index (χ0n) is 17.1. The first-order valence-electron chi connectivity index (χ1n) is 10.0. The van der Waals surface area contributed by atoms with Gasteiger partial charge in [0.05, 0.1) is 0 Å². The van der Waals surface area contributed by atoms with Crippen molar-refractivity contribution >= 4 is 39.2 Å². The number of hydrogen-bond donors (Lipinski definition) is 0. The molecule has 140 valence electrons. The monoisotopic (exact) mass is 429 g/mol. The second-order valence-corrected chi connectivity index (χ2v) is 19.7. The van der Waals surface area contributed by atoms with Gasteiger partial charge in [-0.3, -0.25) is 0 Å². The van der Waals surface area contributed by atoms with Crippen LogP contribution in [0.5, 0.6) is 11.5 Å². The fourth-order valence-electron chi connectivity index (χ4n) is 4.46. The first-order valence-corrected chi connectivity index (χ1v) is 17.4. The molecule has 0 N–H and O–H groups in total. The van der Waals surface area contributed by atoms with Crippen molar-refractivity contribution < 1.29 is 4.74 Å². The molecule has 0 saturated carbocycles. The third-order valence-corrected chi connectivity index (χ3v) is 9.99. The van der Waals surface area contributed by atoms with Gasteiger partial charge >= 0.3 is 169 Å². The van der Waals surface area contributed by atoms with E-state index in [2.05, 4.69) is 79.6 Å². The van der Waals surface area contributed by atoms with Crippen LogP contribution < -0.4 is 9.13 Å². The summed E-state index contributed by atoms with van der Waals surface area (Å²) < 4.78 is 8.23. The third-order valence-electron chi connectivity index (χ3n) is 5.77. The molecule has 2 nitrogen and oxygen atoms in total. The maximum atomic E-state index is 6.81. The van der Waals surface area contributed by atoms with Crippen molar-refractivity contribution in [1.82, 2.24) is 4.98 Å². The van der Waals surface area contributed by atoms with Gasteiger partial charge in [0.1, 0.15) is 0 Å². The molecule has 3 heteroatoms. The first kappa shape index (κ1) is 17.7. The van der Waals surface area contributed by atoms with Crippen LogP contribution in [0.4, 0.5) is 0 Å². The fourth-order valence-corrected chi connectivity index (χ4v) is 7.48. The van der Waals surface area contributed by atoms with Crippen LogP contribution in [0.1, 0.15) is 25.3 Å². The fraction of sp³-hybridized carbons (Fsp3) is 0.240. The Kier molecular flexibility index (Phi) is 3.86. The van der Waals surface area contributed by atoms with Gasteiger partial charge in [0.2, 0.25) is 0 Å². The molecule has 0 radical (unpaired) electrons. The number of aromatic nitrogens is 1. The van der Waals surface area contributed by atoms with Crippen LogP contribution in [0.25, 0.3) is 32.8 Å². The van der Waals surface area contributed by atoms with E-state index in [4.69, 9.17) is 9.72 Å². The topological polar surface area (TPSA) is 22.1 Å². The molecule has 5 rings (SSSR count). The predicted octanol–water partition coefficient (Wildman–Crippen LogP) is 6.83. The summed E-state index contributed by atoms with van der Waals surface area (Å²) in [6, 6.07) is 17.5. The molecule has 1 aliphatic heterocycles. The number of benzene rings is 3. The van der Waals surface area contributed by atoms with E-state index < -0.39 is 13.3 Å². The summed E-state index contributed by atoms with van der Waals surface area (Å²) in [7, 11) is 0. The van der Waals surface area contributed by atoms with Crippen LogP contribution in [-0.4, -0.2) is 18.3 Å². The Bertz CT molecular complexity index is 1250. The van der Waals surface area contributed by atoms with E-state index in [1.54, 1.807) is 0 Å². The van der Waals surface area contributed by atoms with E-state index in [0.717, 1.165) is 22.8 Å². The minimum absolute atomic E-state index is 0.365. The molecule has 0 fully saturated rings. The molecule has 0 bridgehead atoms. The standard InChI is InChI=1S/C25H25GeNO/c1-15(2)21-18-9-7-6-8-17(18)14-19-23-22-16(12-13-27-23)10-11-20(26(3,4)5)25(22)28-24(19)21/h6-15H,1-5H3. The summed E-state index contributed by atoms with van der Waals surface area (Å²) in [5.41, 5.74) is 3.47. The van der Waals surface area contributed by atoms with Gasteiger partial charge in [0.15, 0.2) is 0 Å². The van der Waals surface area contributed by atoms with Crippen molar-refractivity contribution in [1.29, 1.82) is 0 Å². The number of hydrogen-bond acceptors (Lipinski definition) is 2. The molecule has 0 spiro atoms. The van der Waals surface area contributed by atoms with E-state index in [1.807, 2.05) is 6.20 Å². The Hall–Kier alpha value is -2.33. The molecule has 1 aromatic heterocycles. The van der Waals surface area contributed by atoms with Gasteiger partial charge in [-0.1, -0.05) is 0 Å². The van der Waals surface area contributed by atoms with E-state index in [-0.39, 0.29) is 0 Å². The van der Waals surface area contributed by atoms with Gasteiger partial charge in [0.25, 0.3) is 0 Å². The van der Waals surface area contributed by atoms with Crippen molar-refractivity contribution in [2.45, 2.75) is 37.0 Å². The Morgan fingerprint density at radius 1 is 0.893 bits per heavy atom. The zero-order valence-corrected chi connectivity index (χ0v) is 19.2. The average molecular weight is 428 g/mol. The maximum absolute atomic E-state index is 6.81. The molecule has 0 saturated heterocycles. The molecule has 0 atom stereocenters. The minimum atomic E-state index is -2.13. The van der Waals surface area contributed by atoms with Crippen LogP contribution in [-0.2, 0) is 0 Å². The Labute approximate surface area is 168 Å². The molecule has 3 aromatic carbocycles. The SMILES string of the molecule is CC(C)c1c2c(cc3ccccc13)-c1nccc3cc[c]([Ge]([CH3])([CH3])[CH3])c(c13)O2. The molecule has 0 unspecified atom stereocenters. The molecular formula is C25H25GeNO. The van der Waals surface area contributed by atoms with Crippen LogP contribution >= 0.6 is 0 Å². The molecule has 28 heavy (non-hydrogen) atoms. The van der Waals surface area contributed by atoms with Gasteiger partial charge in [-0.15, -0.1) is 0 Å². The molecule has 2 heterocycles. The predicted molar refractivity (Wildman–Crippen MR) is 122 cm³/mol. The summed E-state index contributed by atoms with van der Waals surface area (Å²) in [5.74, 6) is 9.70. The Balaban J connectivity index is 1.96. The van der Waals surface area contributed by atoms with Gasteiger partial charge in [0, 0.05) is 0 Å². The second-order valence-electron chi connectivity index (χ2n) is 9.09. The molecule has 0 amide bonds. The van der Waals surface area contributed by atoms with Crippen molar-refractivity contribution in [2.24, 2.45) is 0 Å². The summed E-state index contributed by atoms with van der Waals surface area (Å²) in [4.78, 5) is 4.85. The normalized spacial score (nSPS) is 13.1. The zero-order chi connectivity index (χ0) is 19.6. The quantitative estimate of drug-likeness (QED) is 0.288. The second kappa shape index (κ2) is 6.08. The number of fused-ring (bicyclic) bond motifs is 3. The van der Waals surface area contributed by atoms with Crippen LogP contribution in [0, 0.1) is 0 Å².